The third kappa shape index (κ3) is 2.03. The zero-order valence-corrected chi connectivity index (χ0v) is 8.64. The van der Waals surface area contributed by atoms with E-state index in [1.54, 1.807) is 0 Å². The van der Waals surface area contributed by atoms with E-state index >= 15 is 0 Å². The van der Waals surface area contributed by atoms with Crippen LogP contribution in [0.5, 0.6) is 11.5 Å². The molecule has 1 rings (SSSR count). The Hall–Kier alpha value is -1.33. The lowest BCUT2D eigenvalue weighted by molar-refractivity contribution is 0.0993. The number of rotatable bonds is 3. The van der Waals surface area contributed by atoms with Crippen molar-refractivity contribution in [3.63, 3.8) is 0 Å². The summed E-state index contributed by atoms with van der Waals surface area (Å²) in [5.41, 5.74) is 4.67. The van der Waals surface area contributed by atoms with E-state index in [9.17, 15) is 9.18 Å². The Bertz CT molecular complexity index is 409. The number of Topliss-reactive ketones (excluding diaryl/α,β-unsaturated/α-hetero) is 1. The van der Waals surface area contributed by atoms with Gasteiger partial charge in [0.15, 0.2) is 23.1 Å². The first-order chi connectivity index (χ1) is 7.02. The van der Waals surface area contributed by atoms with Gasteiger partial charge < -0.3 is 15.6 Å². The summed E-state index contributed by atoms with van der Waals surface area (Å²) in [5, 5.41) is 9.09. The molecule has 0 radical (unpaired) electrons. The molecule has 1 aromatic carbocycles. The van der Waals surface area contributed by atoms with E-state index in [1.807, 2.05) is 0 Å². The number of methoxy groups -OCH3 is 1. The van der Waals surface area contributed by atoms with Crippen molar-refractivity contribution in [1.82, 2.24) is 0 Å². The van der Waals surface area contributed by atoms with Gasteiger partial charge in [0.2, 0.25) is 0 Å². The first-order valence-corrected chi connectivity index (χ1v) is 4.39. The Labute approximate surface area is 90.4 Å². The highest BCUT2D eigenvalue weighted by molar-refractivity contribution is 6.33. The van der Waals surface area contributed by atoms with Crippen molar-refractivity contribution in [2.24, 2.45) is 5.73 Å². The van der Waals surface area contributed by atoms with Crippen LogP contribution >= 0.6 is 11.6 Å². The molecule has 0 amide bonds. The van der Waals surface area contributed by atoms with Gasteiger partial charge in [-0.2, -0.15) is 0 Å². The number of hydrogen-bond acceptors (Lipinski definition) is 4. The molecule has 1 aromatic rings. The van der Waals surface area contributed by atoms with Crippen LogP contribution in [0.15, 0.2) is 6.07 Å². The molecule has 0 heterocycles. The third-order valence-corrected chi connectivity index (χ3v) is 2.10. The molecule has 0 unspecified atom stereocenters. The summed E-state index contributed by atoms with van der Waals surface area (Å²) in [6.45, 7) is -0.396. The molecular formula is C9H9ClFNO3. The molecule has 0 aliphatic carbocycles. The van der Waals surface area contributed by atoms with E-state index in [2.05, 4.69) is 0 Å². The van der Waals surface area contributed by atoms with Crippen molar-refractivity contribution >= 4 is 17.4 Å². The molecule has 15 heavy (non-hydrogen) atoms. The number of phenolic OH excluding ortho intramolecular Hbond substituents is 1. The summed E-state index contributed by atoms with van der Waals surface area (Å²) in [6, 6.07) is 0.961. The number of aromatic hydroxyl groups is 1. The summed E-state index contributed by atoms with van der Waals surface area (Å²) in [4.78, 5) is 11.3. The fourth-order valence-corrected chi connectivity index (χ4v) is 1.42. The molecule has 0 aliphatic rings. The van der Waals surface area contributed by atoms with E-state index < -0.39 is 29.5 Å². The van der Waals surface area contributed by atoms with Crippen LogP contribution in [-0.4, -0.2) is 24.5 Å². The fourth-order valence-electron chi connectivity index (χ4n) is 1.15. The highest BCUT2D eigenvalue weighted by atomic mass is 35.5. The number of carbonyl (C=O) groups excluding carboxylic acids is 1. The van der Waals surface area contributed by atoms with Gasteiger partial charge in [0.25, 0.3) is 0 Å². The van der Waals surface area contributed by atoms with Crippen molar-refractivity contribution in [1.29, 1.82) is 0 Å². The second kappa shape index (κ2) is 4.46. The Morgan fingerprint density at radius 1 is 1.73 bits per heavy atom. The zero-order valence-electron chi connectivity index (χ0n) is 7.88. The fraction of sp³-hybridized carbons (Fsp3) is 0.222. The van der Waals surface area contributed by atoms with E-state index in [4.69, 9.17) is 27.2 Å². The van der Waals surface area contributed by atoms with Crippen LogP contribution in [0.3, 0.4) is 0 Å². The van der Waals surface area contributed by atoms with Crippen LogP contribution in [0.4, 0.5) is 4.39 Å². The van der Waals surface area contributed by atoms with E-state index in [0.717, 1.165) is 6.07 Å². The van der Waals surface area contributed by atoms with Crippen molar-refractivity contribution in [3.05, 3.63) is 22.5 Å². The number of ketones is 1. The minimum Gasteiger partial charge on any atom is -0.505 e. The Morgan fingerprint density at radius 2 is 2.33 bits per heavy atom. The van der Waals surface area contributed by atoms with Gasteiger partial charge in [-0.15, -0.1) is 0 Å². The lowest BCUT2D eigenvalue weighted by Crippen LogP contribution is -2.16. The van der Waals surface area contributed by atoms with E-state index in [-0.39, 0.29) is 10.8 Å². The average molecular weight is 234 g/mol. The van der Waals surface area contributed by atoms with Crippen LogP contribution in [0, 0.1) is 5.82 Å². The topological polar surface area (TPSA) is 72.5 Å². The van der Waals surface area contributed by atoms with Crippen molar-refractivity contribution < 1.29 is 19.0 Å². The predicted molar refractivity (Wildman–Crippen MR) is 53.0 cm³/mol. The molecule has 0 fully saturated rings. The van der Waals surface area contributed by atoms with Crippen LogP contribution in [0.25, 0.3) is 0 Å². The molecule has 3 N–H and O–H groups in total. The monoisotopic (exact) mass is 233 g/mol. The molecule has 0 saturated heterocycles. The van der Waals surface area contributed by atoms with Gasteiger partial charge in [0, 0.05) is 6.07 Å². The standard InChI is InChI=1S/C9H9ClFNO3/c1-15-9-4(10)2-5(13)8(11)7(9)6(14)3-12/h2,13H,3,12H2,1H3. The summed E-state index contributed by atoms with van der Waals surface area (Å²) in [6.07, 6.45) is 0. The number of halogens is 2. The molecule has 0 aliphatic heterocycles. The molecule has 0 bridgehead atoms. The summed E-state index contributed by atoms with van der Waals surface area (Å²) < 4.78 is 18.2. The molecule has 0 spiro atoms. The van der Waals surface area contributed by atoms with E-state index in [1.165, 1.54) is 7.11 Å². The Balaban J connectivity index is 3.50. The largest absolute Gasteiger partial charge is 0.505 e. The average Bonchev–Trinajstić information content (AvgIpc) is 2.21. The first-order valence-electron chi connectivity index (χ1n) is 4.01. The van der Waals surface area contributed by atoms with Crippen LogP contribution in [0.1, 0.15) is 10.4 Å². The first kappa shape index (κ1) is 11.7. The molecular weight excluding hydrogens is 225 g/mol. The molecule has 4 nitrogen and oxygen atoms in total. The highest BCUT2D eigenvalue weighted by Gasteiger charge is 2.22. The number of ether oxygens (including phenoxy) is 1. The van der Waals surface area contributed by atoms with Crippen LogP contribution in [0.2, 0.25) is 5.02 Å². The van der Waals surface area contributed by atoms with Gasteiger partial charge in [-0.05, 0) is 0 Å². The molecule has 0 aromatic heterocycles. The second-order valence-corrected chi connectivity index (χ2v) is 3.13. The maximum Gasteiger partial charge on any atom is 0.183 e. The quantitative estimate of drug-likeness (QED) is 0.773. The summed E-state index contributed by atoms with van der Waals surface area (Å²) in [7, 11) is 1.24. The van der Waals surface area contributed by atoms with Gasteiger partial charge in [0.05, 0.1) is 18.7 Å². The van der Waals surface area contributed by atoms with Crippen molar-refractivity contribution in [2.45, 2.75) is 0 Å². The normalized spacial score (nSPS) is 10.1. The molecule has 82 valence electrons. The number of benzene rings is 1. The Morgan fingerprint density at radius 3 is 2.80 bits per heavy atom. The number of hydrogen-bond donors (Lipinski definition) is 2. The zero-order chi connectivity index (χ0) is 11.6. The second-order valence-electron chi connectivity index (χ2n) is 2.73. The molecule has 0 saturated carbocycles. The van der Waals surface area contributed by atoms with E-state index in [0.29, 0.717) is 0 Å². The minimum atomic E-state index is -1.08. The van der Waals surface area contributed by atoms with Crippen LogP contribution < -0.4 is 10.5 Å². The smallest absolute Gasteiger partial charge is 0.183 e. The summed E-state index contributed by atoms with van der Waals surface area (Å²) in [5.74, 6) is -2.60. The minimum absolute atomic E-state index is 0.0480. The van der Waals surface area contributed by atoms with Crippen molar-refractivity contribution in [2.75, 3.05) is 13.7 Å². The third-order valence-electron chi connectivity index (χ3n) is 1.82. The maximum absolute atomic E-state index is 13.4. The lowest BCUT2D eigenvalue weighted by atomic mass is 10.1. The van der Waals surface area contributed by atoms with Crippen LogP contribution in [-0.2, 0) is 0 Å². The van der Waals surface area contributed by atoms with Gasteiger partial charge in [0.1, 0.15) is 5.56 Å². The van der Waals surface area contributed by atoms with Gasteiger partial charge in [-0.3, -0.25) is 4.79 Å². The van der Waals surface area contributed by atoms with Gasteiger partial charge >= 0.3 is 0 Å². The lowest BCUT2D eigenvalue weighted by Gasteiger charge is -2.10. The maximum atomic E-state index is 13.4. The van der Waals surface area contributed by atoms with Gasteiger partial charge in [-0.1, -0.05) is 11.6 Å². The predicted octanol–water partition coefficient (Wildman–Crippen LogP) is 1.33. The SMILES string of the molecule is COc1c(Cl)cc(O)c(F)c1C(=O)CN. The number of phenols is 1. The Kier molecular flexibility index (Phi) is 3.49. The van der Waals surface area contributed by atoms with Crippen molar-refractivity contribution in [3.8, 4) is 11.5 Å². The highest BCUT2D eigenvalue weighted by Crippen LogP contribution is 2.35. The molecule has 0 atom stereocenters. The summed E-state index contributed by atoms with van der Waals surface area (Å²) >= 11 is 5.66. The number of carbonyl (C=O) groups is 1. The molecule has 6 heteroatoms. The number of nitrogens with two attached hydrogens (primary N) is 1. The van der Waals surface area contributed by atoms with Gasteiger partial charge in [-0.25, -0.2) is 4.39 Å².